The van der Waals surface area contributed by atoms with Crippen LogP contribution in [0.5, 0.6) is 5.88 Å². The Labute approximate surface area is 98.4 Å². The van der Waals surface area contributed by atoms with Crippen LogP contribution < -0.4 is 16.2 Å². The van der Waals surface area contributed by atoms with Gasteiger partial charge >= 0.3 is 0 Å². The maximum atomic E-state index is 5.88. The van der Waals surface area contributed by atoms with Crippen LogP contribution in [0.25, 0.3) is 0 Å². The van der Waals surface area contributed by atoms with Gasteiger partial charge in [0.1, 0.15) is 18.8 Å². The second kappa shape index (κ2) is 3.62. The van der Waals surface area contributed by atoms with Crippen molar-refractivity contribution in [3.8, 4) is 5.88 Å². The summed E-state index contributed by atoms with van der Waals surface area (Å²) < 4.78 is 5.51. The number of hydrogen-bond donors (Lipinski definition) is 2. The van der Waals surface area contributed by atoms with E-state index < -0.39 is 0 Å². The number of rotatable bonds is 1. The zero-order valence-corrected chi connectivity index (χ0v) is 9.13. The van der Waals surface area contributed by atoms with E-state index >= 15 is 0 Å². The van der Waals surface area contributed by atoms with Gasteiger partial charge in [-0.05, 0) is 17.7 Å². The zero-order valence-electron chi connectivity index (χ0n) is 9.13. The Kier molecular flexibility index (Phi) is 2.11. The Morgan fingerprint density at radius 3 is 2.94 bits per heavy atom. The average Bonchev–Trinajstić information content (AvgIpc) is 2.74. The minimum absolute atomic E-state index is 0.0645. The highest BCUT2D eigenvalue weighted by Crippen LogP contribution is 2.39. The Hall–Kier alpha value is -2.30. The van der Waals surface area contributed by atoms with Crippen LogP contribution in [0.3, 0.4) is 0 Å². The van der Waals surface area contributed by atoms with Crippen LogP contribution in [-0.4, -0.2) is 16.6 Å². The molecule has 0 saturated heterocycles. The fourth-order valence-electron chi connectivity index (χ4n) is 2.12. The summed E-state index contributed by atoms with van der Waals surface area (Å²) in [5.74, 6) is 1.11. The third-order valence-corrected chi connectivity index (χ3v) is 2.93. The minimum atomic E-state index is 0.0645. The molecule has 5 nitrogen and oxygen atoms in total. The number of nitrogens with zero attached hydrogens (tertiary/aromatic N) is 2. The number of nitrogens with two attached hydrogens (primary N) is 2. The molecule has 1 aliphatic heterocycles. The molecule has 0 spiro atoms. The maximum Gasteiger partial charge on any atom is 0.222 e. The first kappa shape index (κ1) is 9.89. The maximum absolute atomic E-state index is 5.88. The van der Waals surface area contributed by atoms with E-state index in [-0.39, 0.29) is 5.92 Å². The predicted octanol–water partition coefficient (Wildman–Crippen LogP) is 1.17. The van der Waals surface area contributed by atoms with E-state index in [1.54, 1.807) is 0 Å². The minimum Gasteiger partial charge on any atom is -0.476 e. The normalized spacial score (nSPS) is 17.5. The van der Waals surface area contributed by atoms with Gasteiger partial charge in [-0.25, -0.2) is 9.97 Å². The Morgan fingerprint density at radius 2 is 2.12 bits per heavy atom. The lowest BCUT2D eigenvalue weighted by Crippen LogP contribution is -2.05. The van der Waals surface area contributed by atoms with Gasteiger partial charge < -0.3 is 16.2 Å². The molecule has 1 aromatic heterocycles. The topological polar surface area (TPSA) is 87.0 Å². The van der Waals surface area contributed by atoms with Crippen molar-refractivity contribution in [3.05, 3.63) is 41.7 Å². The molecule has 4 N–H and O–H groups in total. The van der Waals surface area contributed by atoms with Crippen molar-refractivity contribution in [1.82, 2.24) is 9.97 Å². The Morgan fingerprint density at radius 1 is 1.24 bits per heavy atom. The van der Waals surface area contributed by atoms with Gasteiger partial charge in [-0.15, -0.1) is 0 Å². The molecule has 3 rings (SSSR count). The summed E-state index contributed by atoms with van der Waals surface area (Å²) in [7, 11) is 0. The third kappa shape index (κ3) is 1.56. The van der Waals surface area contributed by atoms with Crippen molar-refractivity contribution >= 4 is 11.5 Å². The van der Waals surface area contributed by atoms with E-state index in [9.17, 15) is 0 Å². The fraction of sp³-hybridized carbons (Fsp3) is 0.167. The van der Waals surface area contributed by atoms with Crippen molar-refractivity contribution in [2.75, 3.05) is 18.1 Å². The first-order valence-corrected chi connectivity index (χ1v) is 5.34. The van der Waals surface area contributed by atoms with Gasteiger partial charge in [-0.1, -0.05) is 12.1 Å². The molecule has 0 bridgehead atoms. The number of aromatic nitrogens is 2. The summed E-state index contributed by atoms with van der Waals surface area (Å²) in [6, 6.07) is 7.70. The lowest BCUT2D eigenvalue weighted by atomic mass is 9.94. The van der Waals surface area contributed by atoms with E-state index in [4.69, 9.17) is 16.2 Å². The Bertz CT molecular complexity index is 570. The number of benzene rings is 1. The summed E-state index contributed by atoms with van der Waals surface area (Å²) in [5, 5.41) is 0. The van der Waals surface area contributed by atoms with Crippen molar-refractivity contribution in [2.45, 2.75) is 5.92 Å². The molecular weight excluding hydrogens is 216 g/mol. The van der Waals surface area contributed by atoms with Gasteiger partial charge in [0.2, 0.25) is 5.88 Å². The van der Waals surface area contributed by atoms with E-state index in [1.165, 1.54) is 6.33 Å². The molecule has 17 heavy (non-hydrogen) atoms. The highest BCUT2D eigenvalue weighted by atomic mass is 16.5. The number of ether oxygens (including phenoxy) is 1. The number of anilines is 2. The van der Waals surface area contributed by atoms with E-state index in [0.717, 1.165) is 16.8 Å². The van der Waals surface area contributed by atoms with Crippen molar-refractivity contribution in [1.29, 1.82) is 0 Å². The van der Waals surface area contributed by atoms with Crippen LogP contribution in [0, 0.1) is 0 Å². The summed E-state index contributed by atoms with van der Waals surface area (Å²) in [6.07, 6.45) is 1.41. The van der Waals surface area contributed by atoms with Crippen molar-refractivity contribution in [2.24, 2.45) is 0 Å². The van der Waals surface area contributed by atoms with E-state index in [0.29, 0.717) is 18.3 Å². The smallest absolute Gasteiger partial charge is 0.222 e. The van der Waals surface area contributed by atoms with E-state index in [1.807, 2.05) is 24.3 Å². The van der Waals surface area contributed by atoms with Crippen LogP contribution in [-0.2, 0) is 0 Å². The van der Waals surface area contributed by atoms with Gasteiger partial charge in [-0.3, -0.25) is 0 Å². The summed E-state index contributed by atoms with van der Waals surface area (Å²) >= 11 is 0. The zero-order chi connectivity index (χ0) is 11.8. The first-order valence-electron chi connectivity index (χ1n) is 5.34. The molecule has 86 valence electrons. The molecule has 2 heterocycles. The molecule has 5 heteroatoms. The van der Waals surface area contributed by atoms with Crippen LogP contribution in [0.4, 0.5) is 11.5 Å². The standard InChI is InChI=1S/C12H12N4O/c13-8-3-1-2-7(4-8)9-5-17-12-10(9)11(14)15-6-16-12/h1-4,6,9H,5,13H2,(H2,14,15,16). The lowest BCUT2D eigenvalue weighted by molar-refractivity contribution is 0.332. The first-order chi connectivity index (χ1) is 8.25. The molecule has 0 aliphatic carbocycles. The summed E-state index contributed by atoms with van der Waals surface area (Å²) in [5.41, 5.74) is 14.3. The molecule has 1 unspecified atom stereocenters. The Balaban J connectivity index is 2.09. The van der Waals surface area contributed by atoms with Crippen LogP contribution >= 0.6 is 0 Å². The van der Waals surface area contributed by atoms with Crippen LogP contribution in [0.15, 0.2) is 30.6 Å². The molecule has 2 aromatic rings. The lowest BCUT2D eigenvalue weighted by Gasteiger charge is -2.10. The van der Waals surface area contributed by atoms with Crippen LogP contribution in [0.1, 0.15) is 17.0 Å². The predicted molar refractivity (Wildman–Crippen MR) is 64.6 cm³/mol. The summed E-state index contributed by atoms with van der Waals surface area (Å²) in [6.45, 7) is 0.529. The number of nitrogen functional groups attached to an aromatic ring is 2. The molecule has 1 aliphatic rings. The average molecular weight is 228 g/mol. The van der Waals surface area contributed by atoms with Gasteiger partial charge in [0, 0.05) is 5.69 Å². The highest BCUT2D eigenvalue weighted by molar-refractivity contribution is 5.55. The van der Waals surface area contributed by atoms with Crippen LogP contribution in [0.2, 0.25) is 0 Å². The largest absolute Gasteiger partial charge is 0.476 e. The SMILES string of the molecule is Nc1cccc(C2COc3ncnc(N)c32)c1. The second-order valence-electron chi connectivity index (χ2n) is 4.01. The van der Waals surface area contributed by atoms with Gasteiger partial charge in [0.25, 0.3) is 0 Å². The molecule has 0 amide bonds. The summed E-state index contributed by atoms with van der Waals surface area (Å²) in [4.78, 5) is 8.08. The second-order valence-corrected chi connectivity index (χ2v) is 4.01. The molecular formula is C12H12N4O. The van der Waals surface area contributed by atoms with Crippen molar-refractivity contribution in [3.63, 3.8) is 0 Å². The molecule has 1 atom stereocenters. The third-order valence-electron chi connectivity index (χ3n) is 2.93. The monoisotopic (exact) mass is 228 g/mol. The van der Waals surface area contributed by atoms with Gasteiger partial charge in [-0.2, -0.15) is 0 Å². The quantitative estimate of drug-likeness (QED) is 0.715. The van der Waals surface area contributed by atoms with E-state index in [2.05, 4.69) is 9.97 Å². The van der Waals surface area contributed by atoms with Crippen molar-refractivity contribution < 1.29 is 4.74 Å². The number of fused-ring (bicyclic) bond motifs is 1. The molecule has 1 aromatic carbocycles. The molecule has 0 fully saturated rings. The van der Waals surface area contributed by atoms with Gasteiger partial charge in [0.05, 0.1) is 11.5 Å². The molecule has 0 saturated carbocycles. The number of hydrogen-bond acceptors (Lipinski definition) is 5. The molecule has 0 radical (unpaired) electrons. The highest BCUT2D eigenvalue weighted by Gasteiger charge is 2.29. The van der Waals surface area contributed by atoms with Gasteiger partial charge in [0.15, 0.2) is 0 Å². The fourth-order valence-corrected chi connectivity index (χ4v) is 2.12.